The Morgan fingerprint density at radius 3 is 2.56 bits per heavy atom. The molecule has 1 rings (SSSR count). The molecule has 0 aromatic heterocycles. The lowest BCUT2D eigenvalue weighted by atomic mass is 9.96. The molecule has 0 aliphatic carbocycles. The van der Waals surface area contributed by atoms with Gasteiger partial charge in [-0.15, -0.1) is 0 Å². The lowest BCUT2D eigenvalue weighted by molar-refractivity contribution is 0.443. The van der Waals surface area contributed by atoms with E-state index in [4.69, 9.17) is 18.0 Å². The molecule has 1 aromatic rings. The minimum atomic E-state index is -0.330. The average molecular weight is 240 g/mol. The van der Waals surface area contributed by atoms with Crippen molar-refractivity contribution < 1.29 is 4.39 Å². The average Bonchev–Trinajstić information content (AvgIpc) is 2.14. The maximum absolute atomic E-state index is 13.0. The Hall–Kier alpha value is -1.16. The molecule has 0 saturated carbocycles. The molecular formula is C12H17FN2S. The predicted octanol–water partition coefficient (Wildman–Crippen LogP) is 2.92. The first kappa shape index (κ1) is 12.9. The van der Waals surface area contributed by atoms with Crippen molar-refractivity contribution >= 4 is 22.9 Å². The van der Waals surface area contributed by atoms with Crippen LogP contribution in [0.5, 0.6) is 0 Å². The molecule has 88 valence electrons. The molecule has 2 nitrogen and oxygen atoms in total. The molecule has 0 unspecified atom stereocenters. The third-order valence-electron chi connectivity index (χ3n) is 2.06. The Labute approximate surface area is 101 Å². The highest BCUT2D eigenvalue weighted by Gasteiger charge is 2.12. The molecule has 1 aromatic carbocycles. The molecule has 0 aliphatic heterocycles. The molecule has 3 N–H and O–H groups in total. The van der Waals surface area contributed by atoms with Gasteiger partial charge in [-0.2, -0.15) is 0 Å². The van der Waals surface area contributed by atoms with Gasteiger partial charge in [-0.05, 0) is 23.6 Å². The molecular weight excluding hydrogens is 223 g/mol. The molecule has 0 amide bonds. The highest BCUT2D eigenvalue weighted by atomic mass is 32.1. The first-order valence-corrected chi connectivity index (χ1v) is 5.54. The Morgan fingerprint density at radius 2 is 2.06 bits per heavy atom. The molecule has 0 spiro atoms. The Bertz CT molecular complexity index is 396. The number of anilines is 1. The SMILES string of the molecule is CC(C)(C)CNc1ccc(F)cc1C(N)=S. The molecule has 0 radical (unpaired) electrons. The van der Waals surface area contributed by atoms with Gasteiger partial charge in [0.15, 0.2) is 0 Å². The van der Waals surface area contributed by atoms with Gasteiger partial charge in [0, 0.05) is 17.8 Å². The summed E-state index contributed by atoms with van der Waals surface area (Å²) in [6.07, 6.45) is 0. The number of hydrogen-bond donors (Lipinski definition) is 2. The molecule has 0 saturated heterocycles. The summed E-state index contributed by atoms with van der Waals surface area (Å²) in [7, 11) is 0. The second-order valence-electron chi connectivity index (χ2n) is 4.97. The Balaban J connectivity index is 2.91. The van der Waals surface area contributed by atoms with Gasteiger partial charge in [-0.25, -0.2) is 4.39 Å². The van der Waals surface area contributed by atoms with Gasteiger partial charge in [0.2, 0.25) is 0 Å². The number of nitrogens with two attached hydrogens (primary N) is 1. The summed E-state index contributed by atoms with van der Waals surface area (Å²) < 4.78 is 13.0. The first-order chi connectivity index (χ1) is 7.29. The molecule has 0 fully saturated rings. The van der Waals surface area contributed by atoms with Crippen molar-refractivity contribution in [2.24, 2.45) is 11.1 Å². The fourth-order valence-electron chi connectivity index (χ4n) is 1.23. The van der Waals surface area contributed by atoms with Crippen molar-refractivity contribution in [3.63, 3.8) is 0 Å². The normalized spacial score (nSPS) is 11.2. The third-order valence-corrected chi connectivity index (χ3v) is 2.28. The van der Waals surface area contributed by atoms with Gasteiger partial charge in [-0.3, -0.25) is 0 Å². The second-order valence-corrected chi connectivity index (χ2v) is 5.41. The maximum atomic E-state index is 13.0. The Morgan fingerprint density at radius 1 is 1.44 bits per heavy atom. The lowest BCUT2D eigenvalue weighted by Crippen LogP contribution is -2.21. The van der Waals surface area contributed by atoms with E-state index >= 15 is 0 Å². The summed E-state index contributed by atoms with van der Waals surface area (Å²) in [5.41, 5.74) is 7.02. The van der Waals surface area contributed by atoms with Crippen LogP contribution in [0.25, 0.3) is 0 Å². The van der Waals surface area contributed by atoms with Gasteiger partial charge < -0.3 is 11.1 Å². The van der Waals surface area contributed by atoms with Gasteiger partial charge >= 0.3 is 0 Å². The number of benzene rings is 1. The topological polar surface area (TPSA) is 38.0 Å². The summed E-state index contributed by atoms with van der Waals surface area (Å²) in [6.45, 7) is 7.12. The maximum Gasteiger partial charge on any atom is 0.124 e. The zero-order valence-electron chi connectivity index (χ0n) is 9.80. The quantitative estimate of drug-likeness (QED) is 0.798. The van der Waals surface area contributed by atoms with Crippen LogP contribution in [0, 0.1) is 11.2 Å². The third kappa shape index (κ3) is 3.77. The van der Waals surface area contributed by atoms with Crippen LogP contribution in [-0.4, -0.2) is 11.5 Å². The number of thiocarbonyl (C=S) groups is 1. The van der Waals surface area contributed by atoms with E-state index in [9.17, 15) is 4.39 Å². The highest BCUT2D eigenvalue weighted by Crippen LogP contribution is 2.20. The molecule has 0 atom stereocenters. The van der Waals surface area contributed by atoms with Gasteiger partial charge in [0.1, 0.15) is 10.8 Å². The minimum absolute atomic E-state index is 0.141. The predicted molar refractivity (Wildman–Crippen MR) is 70.2 cm³/mol. The van der Waals surface area contributed by atoms with Crippen molar-refractivity contribution in [1.29, 1.82) is 0 Å². The summed E-state index contributed by atoms with van der Waals surface area (Å²) in [4.78, 5) is 0.205. The molecule has 0 bridgehead atoms. The van der Waals surface area contributed by atoms with Crippen molar-refractivity contribution in [2.75, 3.05) is 11.9 Å². The number of rotatable bonds is 3. The number of halogens is 1. The highest BCUT2D eigenvalue weighted by molar-refractivity contribution is 7.80. The summed E-state index contributed by atoms with van der Waals surface area (Å²) in [5.74, 6) is -0.330. The largest absolute Gasteiger partial charge is 0.389 e. The van der Waals surface area contributed by atoms with Gasteiger partial charge in [-0.1, -0.05) is 33.0 Å². The van der Waals surface area contributed by atoms with E-state index in [2.05, 4.69) is 26.1 Å². The number of nitrogens with one attached hydrogen (secondary N) is 1. The van der Waals surface area contributed by atoms with Crippen molar-refractivity contribution in [3.05, 3.63) is 29.6 Å². The van der Waals surface area contributed by atoms with E-state index in [1.165, 1.54) is 12.1 Å². The van der Waals surface area contributed by atoms with E-state index < -0.39 is 0 Å². The zero-order valence-corrected chi connectivity index (χ0v) is 10.6. The van der Waals surface area contributed by atoms with E-state index in [0.717, 1.165) is 12.2 Å². The van der Waals surface area contributed by atoms with Crippen molar-refractivity contribution in [1.82, 2.24) is 0 Å². The van der Waals surface area contributed by atoms with Gasteiger partial charge in [0.25, 0.3) is 0 Å². The van der Waals surface area contributed by atoms with Crippen LogP contribution in [0.15, 0.2) is 18.2 Å². The fourth-order valence-corrected chi connectivity index (χ4v) is 1.40. The number of hydrogen-bond acceptors (Lipinski definition) is 2. The molecule has 4 heteroatoms. The van der Waals surface area contributed by atoms with E-state index in [1.807, 2.05) is 0 Å². The first-order valence-electron chi connectivity index (χ1n) is 5.13. The molecule has 0 aliphatic rings. The summed E-state index contributed by atoms with van der Waals surface area (Å²) in [6, 6.07) is 4.41. The second kappa shape index (κ2) is 4.78. The van der Waals surface area contributed by atoms with E-state index in [1.54, 1.807) is 6.07 Å². The van der Waals surface area contributed by atoms with Crippen molar-refractivity contribution in [3.8, 4) is 0 Å². The minimum Gasteiger partial charge on any atom is -0.389 e. The smallest absolute Gasteiger partial charge is 0.124 e. The lowest BCUT2D eigenvalue weighted by Gasteiger charge is -2.21. The summed E-state index contributed by atoms with van der Waals surface area (Å²) >= 11 is 4.89. The van der Waals surface area contributed by atoms with Gasteiger partial charge in [0.05, 0.1) is 0 Å². The zero-order chi connectivity index (χ0) is 12.3. The van der Waals surface area contributed by atoms with E-state index in [0.29, 0.717) is 5.56 Å². The summed E-state index contributed by atoms with van der Waals surface area (Å²) in [5, 5.41) is 3.23. The van der Waals surface area contributed by atoms with Crippen LogP contribution in [0.3, 0.4) is 0 Å². The van der Waals surface area contributed by atoms with Crippen LogP contribution in [-0.2, 0) is 0 Å². The van der Waals surface area contributed by atoms with E-state index in [-0.39, 0.29) is 16.2 Å². The standard InChI is InChI=1S/C12H17FN2S/c1-12(2,3)7-15-10-5-4-8(13)6-9(10)11(14)16/h4-6,15H,7H2,1-3H3,(H2,14,16). The Kier molecular flexibility index (Phi) is 3.86. The van der Waals surface area contributed by atoms with Crippen LogP contribution in [0.1, 0.15) is 26.3 Å². The van der Waals surface area contributed by atoms with Crippen LogP contribution < -0.4 is 11.1 Å². The van der Waals surface area contributed by atoms with Crippen LogP contribution in [0.4, 0.5) is 10.1 Å². The van der Waals surface area contributed by atoms with Crippen LogP contribution >= 0.6 is 12.2 Å². The van der Waals surface area contributed by atoms with Crippen LogP contribution in [0.2, 0.25) is 0 Å². The molecule has 16 heavy (non-hydrogen) atoms. The monoisotopic (exact) mass is 240 g/mol. The molecule has 0 heterocycles. The van der Waals surface area contributed by atoms with Crippen molar-refractivity contribution in [2.45, 2.75) is 20.8 Å². The fraction of sp³-hybridized carbons (Fsp3) is 0.417.